The van der Waals surface area contributed by atoms with Crippen LogP contribution in [-0.2, 0) is 0 Å². The van der Waals surface area contributed by atoms with E-state index in [9.17, 15) is 0 Å². The van der Waals surface area contributed by atoms with Gasteiger partial charge in [0, 0.05) is 12.4 Å². The lowest BCUT2D eigenvalue weighted by atomic mass is 9.85. The molecule has 1 fully saturated rings. The summed E-state index contributed by atoms with van der Waals surface area (Å²) in [6.07, 6.45) is 11.4. The minimum atomic E-state index is 0.0225. The highest BCUT2D eigenvalue weighted by Gasteiger charge is 2.18. The SMILES string of the molecule is NC(CC1CCCCC1)c1ncccn1. The Morgan fingerprint density at radius 1 is 1.20 bits per heavy atom. The van der Waals surface area contributed by atoms with Crippen LogP contribution in [0.4, 0.5) is 0 Å². The molecule has 0 amide bonds. The summed E-state index contributed by atoms with van der Waals surface area (Å²) < 4.78 is 0. The van der Waals surface area contributed by atoms with E-state index in [1.807, 2.05) is 6.07 Å². The number of rotatable bonds is 3. The second kappa shape index (κ2) is 5.21. The van der Waals surface area contributed by atoms with Gasteiger partial charge in [0.05, 0.1) is 6.04 Å². The molecule has 0 aliphatic heterocycles. The van der Waals surface area contributed by atoms with Crippen LogP contribution < -0.4 is 5.73 Å². The molecule has 1 heterocycles. The van der Waals surface area contributed by atoms with Crippen molar-refractivity contribution in [3.05, 3.63) is 24.3 Å². The molecule has 0 bridgehead atoms. The number of nitrogens with two attached hydrogens (primary N) is 1. The number of hydrogen-bond donors (Lipinski definition) is 1. The lowest BCUT2D eigenvalue weighted by Gasteiger charge is -2.23. The Labute approximate surface area is 91.1 Å². The van der Waals surface area contributed by atoms with Crippen molar-refractivity contribution in [1.82, 2.24) is 9.97 Å². The molecule has 0 aromatic carbocycles. The van der Waals surface area contributed by atoms with E-state index in [4.69, 9.17) is 5.73 Å². The predicted molar refractivity (Wildman–Crippen MR) is 60.2 cm³/mol. The van der Waals surface area contributed by atoms with E-state index in [1.54, 1.807) is 12.4 Å². The molecule has 1 atom stereocenters. The molecular weight excluding hydrogens is 186 g/mol. The second-order valence-electron chi connectivity index (χ2n) is 4.45. The second-order valence-corrected chi connectivity index (χ2v) is 4.45. The van der Waals surface area contributed by atoms with Gasteiger partial charge in [-0.25, -0.2) is 9.97 Å². The van der Waals surface area contributed by atoms with E-state index in [0.717, 1.165) is 18.2 Å². The minimum Gasteiger partial charge on any atom is -0.321 e. The van der Waals surface area contributed by atoms with Crippen LogP contribution in [0.25, 0.3) is 0 Å². The van der Waals surface area contributed by atoms with Crippen molar-refractivity contribution in [1.29, 1.82) is 0 Å². The molecule has 82 valence electrons. The third-order valence-electron chi connectivity index (χ3n) is 3.23. The van der Waals surface area contributed by atoms with E-state index >= 15 is 0 Å². The lowest BCUT2D eigenvalue weighted by Crippen LogP contribution is -2.19. The first-order valence-electron chi connectivity index (χ1n) is 5.89. The van der Waals surface area contributed by atoms with Gasteiger partial charge >= 0.3 is 0 Å². The summed E-state index contributed by atoms with van der Waals surface area (Å²) in [5, 5.41) is 0. The van der Waals surface area contributed by atoms with Gasteiger partial charge in [-0.1, -0.05) is 32.1 Å². The first-order chi connectivity index (χ1) is 7.36. The Hall–Kier alpha value is -0.960. The molecular formula is C12H19N3. The summed E-state index contributed by atoms with van der Waals surface area (Å²) in [5.41, 5.74) is 6.10. The zero-order chi connectivity index (χ0) is 10.5. The molecule has 2 N–H and O–H groups in total. The van der Waals surface area contributed by atoms with E-state index in [1.165, 1.54) is 32.1 Å². The summed E-state index contributed by atoms with van der Waals surface area (Å²) in [6.45, 7) is 0. The maximum absolute atomic E-state index is 6.10. The van der Waals surface area contributed by atoms with Crippen LogP contribution in [0.2, 0.25) is 0 Å². The van der Waals surface area contributed by atoms with Gasteiger partial charge in [0.1, 0.15) is 5.82 Å². The minimum absolute atomic E-state index is 0.0225. The van der Waals surface area contributed by atoms with Crippen molar-refractivity contribution in [3.63, 3.8) is 0 Å². The van der Waals surface area contributed by atoms with Crippen LogP contribution in [0.1, 0.15) is 50.4 Å². The van der Waals surface area contributed by atoms with Gasteiger partial charge in [-0.3, -0.25) is 0 Å². The Morgan fingerprint density at radius 2 is 1.87 bits per heavy atom. The van der Waals surface area contributed by atoms with E-state index in [0.29, 0.717) is 0 Å². The van der Waals surface area contributed by atoms with E-state index < -0.39 is 0 Å². The molecule has 1 unspecified atom stereocenters. The van der Waals surface area contributed by atoms with Crippen molar-refractivity contribution < 1.29 is 0 Å². The summed E-state index contributed by atoms with van der Waals surface area (Å²) in [7, 11) is 0. The molecule has 0 radical (unpaired) electrons. The van der Waals surface area contributed by atoms with Crippen molar-refractivity contribution in [2.75, 3.05) is 0 Å². The zero-order valence-electron chi connectivity index (χ0n) is 9.10. The fraction of sp³-hybridized carbons (Fsp3) is 0.667. The maximum Gasteiger partial charge on any atom is 0.144 e. The molecule has 1 aliphatic carbocycles. The third-order valence-corrected chi connectivity index (χ3v) is 3.23. The Balaban J connectivity index is 1.88. The largest absolute Gasteiger partial charge is 0.321 e. The van der Waals surface area contributed by atoms with Crippen molar-refractivity contribution in [3.8, 4) is 0 Å². The first-order valence-corrected chi connectivity index (χ1v) is 5.89. The third kappa shape index (κ3) is 2.99. The number of hydrogen-bond acceptors (Lipinski definition) is 3. The number of nitrogens with zero attached hydrogens (tertiary/aromatic N) is 2. The Kier molecular flexibility index (Phi) is 3.67. The molecule has 1 saturated carbocycles. The number of aromatic nitrogens is 2. The maximum atomic E-state index is 6.10. The van der Waals surface area contributed by atoms with Gasteiger partial charge in [-0.2, -0.15) is 0 Å². The van der Waals surface area contributed by atoms with Crippen LogP contribution in [0, 0.1) is 5.92 Å². The van der Waals surface area contributed by atoms with Gasteiger partial charge in [-0.05, 0) is 18.4 Å². The van der Waals surface area contributed by atoms with Crippen LogP contribution in [-0.4, -0.2) is 9.97 Å². The van der Waals surface area contributed by atoms with Crippen molar-refractivity contribution >= 4 is 0 Å². The summed E-state index contributed by atoms with van der Waals surface area (Å²) in [5.74, 6) is 1.58. The fourth-order valence-corrected chi connectivity index (χ4v) is 2.39. The van der Waals surface area contributed by atoms with Gasteiger partial charge < -0.3 is 5.73 Å². The molecule has 3 heteroatoms. The molecule has 0 saturated heterocycles. The van der Waals surface area contributed by atoms with Crippen molar-refractivity contribution in [2.45, 2.75) is 44.6 Å². The lowest BCUT2D eigenvalue weighted by molar-refractivity contribution is 0.315. The highest BCUT2D eigenvalue weighted by molar-refractivity contribution is 4.95. The topological polar surface area (TPSA) is 51.8 Å². The monoisotopic (exact) mass is 205 g/mol. The molecule has 15 heavy (non-hydrogen) atoms. The van der Waals surface area contributed by atoms with Gasteiger partial charge in [0.25, 0.3) is 0 Å². The molecule has 1 aromatic rings. The van der Waals surface area contributed by atoms with Gasteiger partial charge in [-0.15, -0.1) is 0 Å². The smallest absolute Gasteiger partial charge is 0.144 e. The first kappa shape index (κ1) is 10.6. The summed E-state index contributed by atoms with van der Waals surface area (Å²) in [6, 6.07) is 1.85. The van der Waals surface area contributed by atoms with Crippen LogP contribution in [0.5, 0.6) is 0 Å². The van der Waals surface area contributed by atoms with Crippen LogP contribution >= 0.6 is 0 Å². The quantitative estimate of drug-likeness (QED) is 0.824. The predicted octanol–water partition coefficient (Wildman–Crippen LogP) is 2.45. The molecule has 0 spiro atoms. The fourth-order valence-electron chi connectivity index (χ4n) is 2.39. The standard InChI is InChI=1S/C12H19N3/c13-11(12-14-7-4-8-15-12)9-10-5-2-1-3-6-10/h4,7-8,10-11H,1-3,5-6,9,13H2. The van der Waals surface area contributed by atoms with Gasteiger partial charge in [0.15, 0.2) is 0 Å². The summed E-state index contributed by atoms with van der Waals surface area (Å²) in [4.78, 5) is 8.42. The van der Waals surface area contributed by atoms with E-state index in [2.05, 4.69) is 9.97 Å². The zero-order valence-corrected chi connectivity index (χ0v) is 9.10. The van der Waals surface area contributed by atoms with Crippen LogP contribution in [0.3, 0.4) is 0 Å². The Bertz CT molecular complexity index is 280. The average Bonchev–Trinajstić information content (AvgIpc) is 2.31. The summed E-state index contributed by atoms with van der Waals surface area (Å²) >= 11 is 0. The molecule has 3 nitrogen and oxygen atoms in total. The molecule has 1 aliphatic rings. The van der Waals surface area contributed by atoms with Gasteiger partial charge in [0.2, 0.25) is 0 Å². The van der Waals surface area contributed by atoms with E-state index in [-0.39, 0.29) is 6.04 Å². The molecule has 1 aromatic heterocycles. The molecule has 2 rings (SSSR count). The highest BCUT2D eigenvalue weighted by Crippen LogP contribution is 2.29. The Morgan fingerprint density at radius 3 is 2.53 bits per heavy atom. The average molecular weight is 205 g/mol. The highest BCUT2D eigenvalue weighted by atomic mass is 14.9. The normalized spacial score (nSPS) is 20.1. The van der Waals surface area contributed by atoms with Crippen LogP contribution in [0.15, 0.2) is 18.5 Å². The van der Waals surface area contributed by atoms with Crippen molar-refractivity contribution in [2.24, 2.45) is 11.7 Å².